The number of carbonyl (C=O) groups is 1. The van der Waals surface area contributed by atoms with E-state index in [9.17, 15) is 4.79 Å². The lowest BCUT2D eigenvalue weighted by molar-refractivity contribution is -0.131. The van der Waals surface area contributed by atoms with E-state index in [2.05, 4.69) is 35.0 Å². The Balaban J connectivity index is 1.93. The van der Waals surface area contributed by atoms with Gasteiger partial charge in [-0.15, -0.1) is 0 Å². The second-order valence-corrected chi connectivity index (χ2v) is 6.02. The molecule has 1 amide bonds. The molecule has 1 aromatic rings. The summed E-state index contributed by atoms with van der Waals surface area (Å²) >= 11 is 3.60. The summed E-state index contributed by atoms with van der Waals surface area (Å²) in [6, 6.07) is 8.20. The van der Waals surface area contributed by atoms with Gasteiger partial charge >= 0.3 is 0 Å². The minimum atomic E-state index is 0.259. The van der Waals surface area contributed by atoms with Gasteiger partial charge in [-0.1, -0.05) is 45.8 Å². The average Bonchev–Trinajstić information content (AvgIpc) is 2.29. The molecule has 1 saturated heterocycles. The lowest BCUT2D eigenvalue weighted by Gasteiger charge is -2.29. The third kappa shape index (κ3) is 3.56. The Bertz CT molecular complexity index is 397. The minimum Gasteiger partial charge on any atom is -0.342 e. The number of hydrogen-bond donors (Lipinski definition) is 0. The molecule has 0 N–H and O–H groups in total. The number of aryl methyl sites for hydroxylation is 1. The van der Waals surface area contributed by atoms with Crippen molar-refractivity contribution in [2.75, 3.05) is 13.1 Å². The molecule has 0 radical (unpaired) electrons. The molecule has 0 bridgehead atoms. The summed E-state index contributed by atoms with van der Waals surface area (Å²) in [5, 5.41) is 0. The predicted octanol–water partition coefficient (Wildman–Crippen LogP) is 2.92. The molecule has 0 aliphatic carbocycles. The highest BCUT2D eigenvalue weighted by molar-refractivity contribution is 9.09. The van der Waals surface area contributed by atoms with Crippen LogP contribution in [0.1, 0.15) is 24.0 Å². The SMILES string of the molecule is Cc1cccc(CC(=O)N2CCC(Br)CC2)c1. The van der Waals surface area contributed by atoms with Crippen molar-refractivity contribution in [1.82, 2.24) is 4.90 Å². The van der Waals surface area contributed by atoms with Gasteiger partial charge in [0.15, 0.2) is 0 Å². The first-order valence-corrected chi connectivity index (χ1v) is 7.04. The molecular weight excluding hydrogens is 278 g/mol. The second-order valence-electron chi connectivity index (χ2n) is 4.72. The summed E-state index contributed by atoms with van der Waals surface area (Å²) in [4.78, 5) is 14.7. The zero-order chi connectivity index (χ0) is 12.3. The van der Waals surface area contributed by atoms with Gasteiger partial charge in [0.25, 0.3) is 0 Å². The van der Waals surface area contributed by atoms with Crippen LogP contribution in [0.4, 0.5) is 0 Å². The maximum atomic E-state index is 12.1. The molecule has 0 spiro atoms. The summed E-state index contributed by atoms with van der Waals surface area (Å²) in [5.74, 6) is 0.259. The van der Waals surface area contributed by atoms with E-state index in [4.69, 9.17) is 0 Å². The van der Waals surface area contributed by atoms with E-state index < -0.39 is 0 Å². The van der Waals surface area contributed by atoms with Gasteiger partial charge < -0.3 is 4.90 Å². The number of rotatable bonds is 2. The van der Waals surface area contributed by atoms with Crippen molar-refractivity contribution >= 4 is 21.8 Å². The van der Waals surface area contributed by atoms with Crippen LogP contribution in [-0.2, 0) is 11.2 Å². The van der Waals surface area contributed by atoms with Crippen molar-refractivity contribution in [3.8, 4) is 0 Å². The molecule has 2 nitrogen and oxygen atoms in total. The van der Waals surface area contributed by atoms with Gasteiger partial charge in [-0.3, -0.25) is 4.79 Å². The fourth-order valence-corrected chi connectivity index (χ4v) is 2.62. The molecule has 1 aromatic carbocycles. The summed E-state index contributed by atoms with van der Waals surface area (Å²) in [5.41, 5.74) is 2.34. The molecule has 92 valence electrons. The molecule has 0 atom stereocenters. The number of nitrogens with zero attached hydrogens (tertiary/aromatic N) is 1. The van der Waals surface area contributed by atoms with Gasteiger partial charge in [0, 0.05) is 17.9 Å². The molecule has 3 heteroatoms. The number of hydrogen-bond acceptors (Lipinski definition) is 1. The first-order chi connectivity index (χ1) is 8.15. The molecule has 0 aromatic heterocycles. The van der Waals surface area contributed by atoms with E-state index in [1.165, 1.54) is 5.56 Å². The smallest absolute Gasteiger partial charge is 0.226 e. The van der Waals surface area contributed by atoms with E-state index in [0.717, 1.165) is 31.5 Å². The minimum absolute atomic E-state index is 0.259. The van der Waals surface area contributed by atoms with Crippen molar-refractivity contribution in [3.63, 3.8) is 0 Å². The Hall–Kier alpha value is -0.830. The van der Waals surface area contributed by atoms with Crippen molar-refractivity contribution in [1.29, 1.82) is 0 Å². The highest BCUT2D eigenvalue weighted by atomic mass is 79.9. The summed E-state index contributed by atoms with van der Waals surface area (Å²) < 4.78 is 0. The van der Waals surface area contributed by atoms with Crippen LogP contribution in [0.25, 0.3) is 0 Å². The van der Waals surface area contributed by atoms with Crippen molar-refractivity contribution in [3.05, 3.63) is 35.4 Å². The van der Waals surface area contributed by atoms with Crippen LogP contribution >= 0.6 is 15.9 Å². The van der Waals surface area contributed by atoms with Gasteiger partial charge in [0.05, 0.1) is 6.42 Å². The van der Waals surface area contributed by atoms with Crippen molar-refractivity contribution in [2.24, 2.45) is 0 Å². The molecule has 17 heavy (non-hydrogen) atoms. The van der Waals surface area contributed by atoms with Gasteiger partial charge in [-0.2, -0.15) is 0 Å². The van der Waals surface area contributed by atoms with E-state index in [1.807, 2.05) is 17.0 Å². The summed E-state index contributed by atoms with van der Waals surface area (Å²) in [7, 11) is 0. The number of likely N-dealkylation sites (tertiary alicyclic amines) is 1. The van der Waals surface area contributed by atoms with E-state index in [-0.39, 0.29) is 5.91 Å². The first-order valence-electron chi connectivity index (χ1n) is 6.12. The summed E-state index contributed by atoms with van der Waals surface area (Å²) in [6.45, 7) is 3.84. The Morgan fingerprint density at radius 3 is 2.76 bits per heavy atom. The fourth-order valence-electron chi connectivity index (χ4n) is 2.21. The fraction of sp³-hybridized carbons (Fsp3) is 0.500. The van der Waals surface area contributed by atoms with Gasteiger partial charge in [-0.25, -0.2) is 0 Å². The maximum Gasteiger partial charge on any atom is 0.226 e. The average molecular weight is 296 g/mol. The van der Waals surface area contributed by atoms with Crippen LogP contribution in [0.15, 0.2) is 24.3 Å². The highest BCUT2D eigenvalue weighted by Crippen LogP contribution is 2.18. The third-order valence-electron chi connectivity index (χ3n) is 3.22. The zero-order valence-corrected chi connectivity index (χ0v) is 11.7. The van der Waals surface area contributed by atoms with Crippen LogP contribution in [0, 0.1) is 6.92 Å². The molecule has 1 heterocycles. The van der Waals surface area contributed by atoms with Gasteiger partial charge in [0.2, 0.25) is 5.91 Å². The lowest BCUT2D eigenvalue weighted by Crippen LogP contribution is -2.39. The van der Waals surface area contributed by atoms with Crippen LogP contribution in [0.5, 0.6) is 0 Å². The number of amides is 1. The van der Waals surface area contributed by atoms with Gasteiger partial charge in [-0.05, 0) is 25.3 Å². The third-order valence-corrected chi connectivity index (χ3v) is 4.13. The topological polar surface area (TPSA) is 20.3 Å². The first kappa shape index (κ1) is 12.6. The molecule has 0 saturated carbocycles. The molecular formula is C14H18BrNO. The molecule has 1 aliphatic heterocycles. The molecule has 2 rings (SSSR count). The normalized spacial score (nSPS) is 17.2. The number of benzene rings is 1. The largest absolute Gasteiger partial charge is 0.342 e. The van der Waals surface area contributed by atoms with Crippen molar-refractivity contribution in [2.45, 2.75) is 31.0 Å². The lowest BCUT2D eigenvalue weighted by atomic mass is 10.1. The van der Waals surface area contributed by atoms with Crippen LogP contribution < -0.4 is 0 Å². The number of piperidine rings is 1. The van der Waals surface area contributed by atoms with E-state index in [1.54, 1.807) is 0 Å². The second kappa shape index (κ2) is 5.67. The Labute approximate surface area is 111 Å². The number of carbonyl (C=O) groups excluding carboxylic acids is 1. The Morgan fingerprint density at radius 1 is 1.41 bits per heavy atom. The van der Waals surface area contributed by atoms with Crippen LogP contribution in [-0.4, -0.2) is 28.7 Å². The van der Waals surface area contributed by atoms with E-state index >= 15 is 0 Å². The Morgan fingerprint density at radius 2 is 2.12 bits per heavy atom. The zero-order valence-electron chi connectivity index (χ0n) is 10.2. The van der Waals surface area contributed by atoms with Gasteiger partial charge in [0.1, 0.15) is 0 Å². The van der Waals surface area contributed by atoms with E-state index in [0.29, 0.717) is 11.2 Å². The maximum absolute atomic E-state index is 12.1. The number of alkyl halides is 1. The van der Waals surface area contributed by atoms with Crippen LogP contribution in [0.3, 0.4) is 0 Å². The molecule has 1 aliphatic rings. The predicted molar refractivity (Wildman–Crippen MR) is 73.4 cm³/mol. The molecule has 0 unspecified atom stereocenters. The van der Waals surface area contributed by atoms with Crippen molar-refractivity contribution < 1.29 is 4.79 Å². The molecule has 1 fully saturated rings. The monoisotopic (exact) mass is 295 g/mol. The standard InChI is InChI=1S/C14H18BrNO/c1-11-3-2-4-12(9-11)10-14(17)16-7-5-13(15)6-8-16/h2-4,9,13H,5-8,10H2,1H3. The van der Waals surface area contributed by atoms with Crippen LogP contribution in [0.2, 0.25) is 0 Å². The quantitative estimate of drug-likeness (QED) is 0.768. The highest BCUT2D eigenvalue weighted by Gasteiger charge is 2.20. The summed E-state index contributed by atoms with van der Waals surface area (Å²) in [6.07, 6.45) is 2.67. The Kier molecular flexibility index (Phi) is 4.21. The number of halogens is 1.